The second kappa shape index (κ2) is 6.51. The molecule has 1 aromatic heterocycles. The van der Waals surface area contributed by atoms with Crippen LogP contribution in [0.5, 0.6) is 0 Å². The highest BCUT2D eigenvalue weighted by atomic mass is 19.1. The summed E-state index contributed by atoms with van der Waals surface area (Å²) in [5.74, 6) is -0.622. The number of benzene rings is 1. The summed E-state index contributed by atoms with van der Waals surface area (Å²) in [5.41, 5.74) is 0.444. The molecule has 0 N–H and O–H groups in total. The van der Waals surface area contributed by atoms with E-state index in [4.69, 9.17) is 0 Å². The zero-order valence-corrected chi connectivity index (χ0v) is 12.3. The molecule has 0 atom stereocenters. The van der Waals surface area contributed by atoms with Gasteiger partial charge in [-0.25, -0.2) is 9.07 Å². The standard InChI is InChI=1S/C14H15FN6O2/c15-12-3-1-11(2-4-12)14(23)20-7-5-19(6-8-20)13(22)9-21-10-16-17-18-21/h1-4,10H,5-9H2. The second-order valence-electron chi connectivity index (χ2n) is 5.19. The molecule has 1 saturated heterocycles. The first-order valence-electron chi connectivity index (χ1n) is 7.17. The molecule has 1 aliphatic rings. The molecule has 0 spiro atoms. The fraction of sp³-hybridized carbons (Fsp3) is 0.357. The maximum absolute atomic E-state index is 12.9. The first-order valence-corrected chi connectivity index (χ1v) is 7.17. The van der Waals surface area contributed by atoms with Gasteiger partial charge in [0, 0.05) is 31.7 Å². The lowest BCUT2D eigenvalue weighted by molar-refractivity contribution is -0.133. The van der Waals surface area contributed by atoms with Crippen LogP contribution in [0.3, 0.4) is 0 Å². The molecule has 9 heteroatoms. The zero-order valence-electron chi connectivity index (χ0n) is 12.3. The smallest absolute Gasteiger partial charge is 0.253 e. The Balaban J connectivity index is 1.54. The molecule has 0 unspecified atom stereocenters. The molecule has 0 radical (unpaired) electrons. The van der Waals surface area contributed by atoms with E-state index in [2.05, 4.69) is 15.5 Å². The van der Waals surface area contributed by atoms with Gasteiger partial charge in [-0.05, 0) is 34.7 Å². The Morgan fingerprint density at radius 2 is 1.70 bits per heavy atom. The van der Waals surface area contributed by atoms with Crippen molar-refractivity contribution in [2.45, 2.75) is 6.54 Å². The third kappa shape index (κ3) is 3.50. The van der Waals surface area contributed by atoms with Gasteiger partial charge in [-0.1, -0.05) is 0 Å². The number of nitrogens with zero attached hydrogens (tertiary/aromatic N) is 6. The van der Waals surface area contributed by atoms with E-state index >= 15 is 0 Å². The zero-order chi connectivity index (χ0) is 16.2. The Bertz CT molecular complexity index is 680. The van der Waals surface area contributed by atoms with Crippen molar-refractivity contribution < 1.29 is 14.0 Å². The first kappa shape index (κ1) is 15.1. The van der Waals surface area contributed by atoms with Crippen LogP contribution in [0, 0.1) is 5.82 Å². The lowest BCUT2D eigenvalue weighted by Gasteiger charge is -2.34. The van der Waals surface area contributed by atoms with E-state index in [-0.39, 0.29) is 24.2 Å². The van der Waals surface area contributed by atoms with Gasteiger partial charge in [0.15, 0.2) is 0 Å². The molecule has 0 aliphatic carbocycles. The van der Waals surface area contributed by atoms with E-state index in [0.29, 0.717) is 31.7 Å². The van der Waals surface area contributed by atoms with Crippen molar-refractivity contribution in [2.75, 3.05) is 26.2 Å². The van der Waals surface area contributed by atoms with Crippen LogP contribution in [0.25, 0.3) is 0 Å². The monoisotopic (exact) mass is 318 g/mol. The lowest BCUT2D eigenvalue weighted by atomic mass is 10.2. The van der Waals surface area contributed by atoms with Crippen molar-refractivity contribution >= 4 is 11.8 Å². The van der Waals surface area contributed by atoms with E-state index in [1.54, 1.807) is 9.80 Å². The number of halogens is 1. The quantitative estimate of drug-likeness (QED) is 0.782. The number of hydrogen-bond donors (Lipinski definition) is 0. The Morgan fingerprint density at radius 3 is 2.30 bits per heavy atom. The minimum absolute atomic E-state index is 0.0823. The fourth-order valence-electron chi connectivity index (χ4n) is 2.43. The van der Waals surface area contributed by atoms with Crippen LogP contribution in [0.15, 0.2) is 30.6 Å². The van der Waals surface area contributed by atoms with Gasteiger partial charge in [0.1, 0.15) is 18.7 Å². The molecule has 2 heterocycles. The summed E-state index contributed by atoms with van der Waals surface area (Å²) < 4.78 is 14.3. The number of aromatic nitrogens is 4. The molecular formula is C14H15FN6O2. The third-order valence-electron chi connectivity index (χ3n) is 3.70. The number of piperazine rings is 1. The van der Waals surface area contributed by atoms with E-state index in [1.165, 1.54) is 35.3 Å². The number of carbonyl (C=O) groups excluding carboxylic acids is 2. The molecule has 1 fully saturated rings. The van der Waals surface area contributed by atoms with Crippen LogP contribution in [0.4, 0.5) is 4.39 Å². The van der Waals surface area contributed by atoms with Gasteiger partial charge in [-0.3, -0.25) is 9.59 Å². The molecule has 0 bridgehead atoms. The van der Waals surface area contributed by atoms with Crippen LogP contribution >= 0.6 is 0 Å². The molecule has 2 amide bonds. The predicted octanol–water partition coefficient (Wildman–Crippen LogP) is -0.203. The Hall–Kier alpha value is -2.84. The van der Waals surface area contributed by atoms with Crippen molar-refractivity contribution in [3.05, 3.63) is 42.0 Å². The van der Waals surface area contributed by atoms with Crippen LogP contribution in [0.1, 0.15) is 10.4 Å². The largest absolute Gasteiger partial charge is 0.338 e. The van der Waals surface area contributed by atoms with Gasteiger partial charge in [0.05, 0.1) is 0 Å². The van der Waals surface area contributed by atoms with E-state index in [9.17, 15) is 14.0 Å². The van der Waals surface area contributed by atoms with Crippen molar-refractivity contribution in [1.29, 1.82) is 0 Å². The maximum atomic E-state index is 12.9. The maximum Gasteiger partial charge on any atom is 0.253 e. The van der Waals surface area contributed by atoms with Crippen molar-refractivity contribution in [2.24, 2.45) is 0 Å². The van der Waals surface area contributed by atoms with Gasteiger partial charge < -0.3 is 9.80 Å². The summed E-state index contributed by atoms with van der Waals surface area (Å²) in [6.07, 6.45) is 1.38. The fourth-order valence-corrected chi connectivity index (χ4v) is 2.43. The summed E-state index contributed by atoms with van der Waals surface area (Å²) in [6, 6.07) is 5.46. The number of tetrazole rings is 1. The van der Waals surface area contributed by atoms with Crippen LogP contribution in [-0.2, 0) is 11.3 Å². The topological polar surface area (TPSA) is 84.2 Å². The van der Waals surface area contributed by atoms with Crippen molar-refractivity contribution in [3.8, 4) is 0 Å². The van der Waals surface area contributed by atoms with Gasteiger partial charge >= 0.3 is 0 Å². The highest BCUT2D eigenvalue weighted by Crippen LogP contribution is 2.10. The molecule has 2 aromatic rings. The minimum Gasteiger partial charge on any atom is -0.338 e. The molecule has 0 saturated carbocycles. The highest BCUT2D eigenvalue weighted by Gasteiger charge is 2.25. The molecule has 8 nitrogen and oxygen atoms in total. The molecule has 1 aromatic carbocycles. The number of hydrogen-bond acceptors (Lipinski definition) is 5. The molecular weight excluding hydrogens is 303 g/mol. The molecule has 23 heavy (non-hydrogen) atoms. The normalized spacial score (nSPS) is 14.8. The molecule has 3 rings (SSSR count). The number of carbonyl (C=O) groups is 2. The minimum atomic E-state index is -0.375. The van der Waals surface area contributed by atoms with Crippen LogP contribution in [-0.4, -0.2) is 68.0 Å². The first-order chi connectivity index (χ1) is 11.1. The van der Waals surface area contributed by atoms with Gasteiger partial charge in [-0.2, -0.15) is 0 Å². The van der Waals surface area contributed by atoms with E-state index in [1.807, 2.05) is 0 Å². The van der Waals surface area contributed by atoms with Gasteiger partial charge in [0.25, 0.3) is 5.91 Å². The molecule has 1 aliphatic heterocycles. The van der Waals surface area contributed by atoms with Crippen molar-refractivity contribution in [1.82, 2.24) is 30.0 Å². The van der Waals surface area contributed by atoms with Crippen LogP contribution in [0.2, 0.25) is 0 Å². The van der Waals surface area contributed by atoms with Gasteiger partial charge in [-0.15, -0.1) is 5.10 Å². The summed E-state index contributed by atoms with van der Waals surface area (Å²) in [5, 5.41) is 10.6. The predicted molar refractivity (Wildman–Crippen MR) is 76.7 cm³/mol. The Morgan fingerprint density at radius 1 is 1.04 bits per heavy atom. The van der Waals surface area contributed by atoms with E-state index in [0.717, 1.165) is 0 Å². The van der Waals surface area contributed by atoms with Crippen molar-refractivity contribution in [3.63, 3.8) is 0 Å². The summed E-state index contributed by atoms with van der Waals surface area (Å²) in [4.78, 5) is 27.8. The summed E-state index contributed by atoms with van der Waals surface area (Å²) in [6.45, 7) is 1.87. The van der Waals surface area contributed by atoms with Crippen LogP contribution < -0.4 is 0 Å². The lowest BCUT2D eigenvalue weighted by Crippen LogP contribution is -2.51. The number of amides is 2. The summed E-state index contributed by atoms with van der Waals surface area (Å²) in [7, 11) is 0. The average Bonchev–Trinajstić information content (AvgIpc) is 3.08. The van der Waals surface area contributed by atoms with E-state index < -0.39 is 0 Å². The Kier molecular flexibility index (Phi) is 4.26. The SMILES string of the molecule is O=C(Cn1cnnn1)N1CCN(C(=O)c2ccc(F)cc2)CC1. The third-order valence-corrected chi connectivity index (χ3v) is 3.70. The average molecular weight is 318 g/mol. The molecule has 120 valence electrons. The summed E-state index contributed by atoms with van der Waals surface area (Å²) >= 11 is 0. The van der Waals surface area contributed by atoms with Gasteiger partial charge in [0.2, 0.25) is 5.91 Å². The highest BCUT2D eigenvalue weighted by molar-refractivity contribution is 5.94. The second-order valence-corrected chi connectivity index (χ2v) is 5.19. The number of rotatable bonds is 3. The Labute approximate surface area is 131 Å².